The highest BCUT2D eigenvalue weighted by molar-refractivity contribution is 5.91. The van der Waals surface area contributed by atoms with Crippen LogP contribution in [-0.2, 0) is 6.54 Å². The molecule has 5 heteroatoms. The highest BCUT2D eigenvalue weighted by Gasteiger charge is 2.07. The van der Waals surface area contributed by atoms with Crippen molar-refractivity contribution in [3.05, 3.63) is 53.7 Å². The first-order valence-electron chi connectivity index (χ1n) is 5.88. The largest absolute Gasteiger partial charge is 0.399 e. The Morgan fingerprint density at radius 1 is 1.26 bits per heavy atom. The van der Waals surface area contributed by atoms with E-state index in [2.05, 4.69) is 4.98 Å². The minimum Gasteiger partial charge on any atom is -0.399 e. The average Bonchev–Trinajstić information content (AvgIpc) is 2.39. The van der Waals surface area contributed by atoms with Gasteiger partial charge in [-0.3, -0.25) is 4.79 Å². The van der Waals surface area contributed by atoms with Crippen LogP contribution in [0.5, 0.6) is 0 Å². The number of primary amides is 1. The number of nitrogens with two attached hydrogens (primary N) is 2. The lowest BCUT2D eigenvalue weighted by atomic mass is 10.2. The second kappa shape index (κ2) is 5.39. The fourth-order valence-corrected chi connectivity index (χ4v) is 1.82. The zero-order valence-corrected chi connectivity index (χ0v) is 10.7. The van der Waals surface area contributed by atoms with Crippen molar-refractivity contribution < 1.29 is 4.79 Å². The van der Waals surface area contributed by atoms with Gasteiger partial charge in [-0.05, 0) is 29.8 Å². The molecular weight excluding hydrogens is 240 g/mol. The molecule has 1 aromatic carbocycles. The topological polar surface area (TPSA) is 85.2 Å². The molecule has 2 aromatic rings. The highest BCUT2D eigenvalue weighted by Crippen LogP contribution is 2.14. The molecule has 2 rings (SSSR count). The van der Waals surface area contributed by atoms with Crippen molar-refractivity contribution in [2.24, 2.45) is 5.73 Å². The lowest BCUT2D eigenvalue weighted by Crippen LogP contribution is -2.20. The summed E-state index contributed by atoms with van der Waals surface area (Å²) in [6.45, 7) is 0.653. The van der Waals surface area contributed by atoms with E-state index in [0.717, 1.165) is 11.3 Å². The van der Waals surface area contributed by atoms with Crippen molar-refractivity contribution in [2.45, 2.75) is 6.54 Å². The molecule has 5 nitrogen and oxygen atoms in total. The molecule has 0 aliphatic rings. The van der Waals surface area contributed by atoms with Gasteiger partial charge >= 0.3 is 0 Å². The van der Waals surface area contributed by atoms with Crippen LogP contribution in [0.4, 0.5) is 11.5 Å². The number of amides is 1. The summed E-state index contributed by atoms with van der Waals surface area (Å²) in [5.74, 6) is 0.165. The van der Waals surface area contributed by atoms with E-state index < -0.39 is 5.91 Å². The van der Waals surface area contributed by atoms with Crippen LogP contribution in [0.15, 0.2) is 42.5 Å². The van der Waals surface area contributed by atoms with Gasteiger partial charge in [0, 0.05) is 19.3 Å². The van der Waals surface area contributed by atoms with Gasteiger partial charge < -0.3 is 16.4 Å². The van der Waals surface area contributed by atoms with Crippen LogP contribution in [0.2, 0.25) is 0 Å². The third kappa shape index (κ3) is 3.22. The maximum atomic E-state index is 11.1. The van der Waals surface area contributed by atoms with Gasteiger partial charge in [-0.2, -0.15) is 0 Å². The second-order valence-electron chi connectivity index (χ2n) is 4.35. The Hall–Kier alpha value is -2.56. The molecule has 0 radical (unpaired) electrons. The van der Waals surface area contributed by atoms with Crippen LogP contribution in [0, 0.1) is 0 Å². The smallest absolute Gasteiger partial charge is 0.267 e. The first-order chi connectivity index (χ1) is 9.06. The van der Waals surface area contributed by atoms with Gasteiger partial charge in [0.25, 0.3) is 5.91 Å². The normalized spacial score (nSPS) is 10.2. The van der Waals surface area contributed by atoms with Crippen LogP contribution in [0.25, 0.3) is 0 Å². The molecule has 1 amide bonds. The number of nitrogens with zero attached hydrogens (tertiary/aromatic N) is 2. The van der Waals surface area contributed by atoms with Gasteiger partial charge in [0.2, 0.25) is 0 Å². The highest BCUT2D eigenvalue weighted by atomic mass is 16.1. The first-order valence-corrected chi connectivity index (χ1v) is 5.88. The molecule has 0 saturated heterocycles. The lowest BCUT2D eigenvalue weighted by Gasteiger charge is -2.18. The standard InChI is InChI=1S/C14H16N4O/c1-18(9-10-4-2-5-11(15)8-10)13-7-3-6-12(17-13)14(16)19/h2-8H,9,15H2,1H3,(H2,16,19). The molecule has 1 aromatic heterocycles. The van der Waals surface area contributed by atoms with Gasteiger partial charge in [0.15, 0.2) is 0 Å². The van der Waals surface area contributed by atoms with Crippen LogP contribution in [0.1, 0.15) is 16.1 Å². The number of pyridine rings is 1. The van der Waals surface area contributed by atoms with Gasteiger partial charge in [0.1, 0.15) is 11.5 Å². The number of benzene rings is 1. The lowest BCUT2D eigenvalue weighted by molar-refractivity contribution is 0.0995. The Kier molecular flexibility index (Phi) is 3.66. The summed E-state index contributed by atoms with van der Waals surface area (Å²) in [5.41, 5.74) is 13.0. The van der Waals surface area contributed by atoms with Gasteiger partial charge in [0.05, 0.1) is 0 Å². The van der Waals surface area contributed by atoms with E-state index in [1.807, 2.05) is 42.3 Å². The summed E-state index contributed by atoms with van der Waals surface area (Å²) in [6, 6.07) is 12.8. The van der Waals surface area contributed by atoms with Crippen molar-refractivity contribution >= 4 is 17.4 Å². The zero-order valence-electron chi connectivity index (χ0n) is 10.7. The van der Waals surface area contributed by atoms with Crippen LogP contribution in [0.3, 0.4) is 0 Å². The number of rotatable bonds is 4. The maximum Gasteiger partial charge on any atom is 0.267 e. The summed E-state index contributed by atoms with van der Waals surface area (Å²) in [7, 11) is 1.90. The van der Waals surface area contributed by atoms with Crippen molar-refractivity contribution in [3.63, 3.8) is 0 Å². The molecule has 4 N–H and O–H groups in total. The summed E-state index contributed by atoms with van der Waals surface area (Å²) in [4.78, 5) is 17.2. The average molecular weight is 256 g/mol. The van der Waals surface area contributed by atoms with Crippen LogP contribution < -0.4 is 16.4 Å². The van der Waals surface area contributed by atoms with E-state index >= 15 is 0 Å². The molecule has 0 saturated carbocycles. The van der Waals surface area contributed by atoms with E-state index in [9.17, 15) is 4.79 Å². The molecule has 0 aliphatic heterocycles. The van der Waals surface area contributed by atoms with E-state index in [1.165, 1.54) is 0 Å². The van der Waals surface area contributed by atoms with E-state index in [1.54, 1.807) is 12.1 Å². The van der Waals surface area contributed by atoms with E-state index in [4.69, 9.17) is 11.5 Å². The number of nitrogen functional groups attached to an aromatic ring is 1. The van der Waals surface area contributed by atoms with Crippen LogP contribution >= 0.6 is 0 Å². The number of carbonyl (C=O) groups excluding carboxylic acids is 1. The van der Waals surface area contributed by atoms with E-state index in [0.29, 0.717) is 12.4 Å². The zero-order chi connectivity index (χ0) is 13.8. The summed E-state index contributed by atoms with van der Waals surface area (Å²) >= 11 is 0. The molecule has 98 valence electrons. The van der Waals surface area contributed by atoms with Gasteiger partial charge in [-0.15, -0.1) is 0 Å². The molecule has 0 atom stereocenters. The Balaban J connectivity index is 2.18. The van der Waals surface area contributed by atoms with Crippen LogP contribution in [-0.4, -0.2) is 17.9 Å². The Bertz CT molecular complexity index is 598. The predicted molar refractivity (Wildman–Crippen MR) is 75.7 cm³/mol. The molecule has 1 heterocycles. The third-order valence-electron chi connectivity index (χ3n) is 2.75. The number of anilines is 2. The maximum absolute atomic E-state index is 11.1. The number of hydrogen-bond acceptors (Lipinski definition) is 4. The quantitative estimate of drug-likeness (QED) is 0.810. The summed E-state index contributed by atoms with van der Waals surface area (Å²) in [5, 5.41) is 0. The number of hydrogen-bond donors (Lipinski definition) is 2. The Morgan fingerprint density at radius 3 is 2.68 bits per heavy atom. The van der Waals surface area contributed by atoms with Crippen molar-refractivity contribution in [3.8, 4) is 0 Å². The fourth-order valence-electron chi connectivity index (χ4n) is 1.82. The first kappa shape index (κ1) is 12.9. The van der Waals surface area contributed by atoms with Crippen molar-refractivity contribution in [2.75, 3.05) is 17.7 Å². The minimum atomic E-state index is -0.529. The third-order valence-corrected chi connectivity index (χ3v) is 2.75. The molecule has 0 fully saturated rings. The minimum absolute atomic E-state index is 0.261. The Morgan fingerprint density at radius 2 is 2.00 bits per heavy atom. The van der Waals surface area contributed by atoms with Gasteiger partial charge in [-0.1, -0.05) is 18.2 Å². The number of carbonyl (C=O) groups is 1. The summed E-state index contributed by atoms with van der Waals surface area (Å²) < 4.78 is 0. The van der Waals surface area contributed by atoms with Gasteiger partial charge in [-0.25, -0.2) is 4.98 Å². The monoisotopic (exact) mass is 256 g/mol. The number of aromatic nitrogens is 1. The molecule has 19 heavy (non-hydrogen) atoms. The van der Waals surface area contributed by atoms with Crippen molar-refractivity contribution in [1.29, 1.82) is 0 Å². The SMILES string of the molecule is CN(Cc1cccc(N)c1)c1cccc(C(N)=O)n1. The second-order valence-corrected chi connectivity index (χ2v) is 4.35. The molecular formula is C14H16N4O. The summed E-state index contributed by atoms with van der Waals surface area (Å²) in [6.07, 6.45) is 0. The molecule has 0 spiro atoms. The fraction of sp³-hybridized carbons (Fsp3) is 0.143. The Labute approximate surface area is 111 Å². The van der Waals surface area contributed by atoms with E-state index in [-0.39, 0.29) is 5.69 Å². The molecule has 0 unspecified atom stereocenters. The van der Waals surface area contributed by atoms with Crippen molar-refractivity contribution in [1.82, 2.24) is 4.98 Å². The molecule has 0 aliphatic carbocycles. The predicted octanol–water partition coefficient (Wildman–Crippen LogP) is 1.40. The molecule has 0 bridgehead atoms.